The number of hydrogen-bond acceptors (Lipinski definition) is 4. The van der Waals surface area contributed by atoms with Gasteiger partial charge in [0.15, 0.2) is 4.96 Å². The first-order chi connectivity index (χ1) is 13.1. The van der Waals surface area contributed by atoms with Crippen LogP contribution < -0.4 is 0 Å². The number of benzene rings is 1. The average molecular weight is 387 g/mol. The molecular weight excluding hydrogens is 365 g/mol. The third kappa shape index (κ3) is 3.37. The number of fused-ring (bicyclic) bond motifs is 1. The lowest BCUT2D eigenvalue weighted by molar-refractivity contribution is 0.0192. The van der Waals surface area contributed by atoms with Crippen LogP contribution in [-0.2, 0) is 0 Å². The van der Waals surface area contributed by atoms with Crippen molar-refractivity contribution in [2.24, 2.45) is 0 Å². The summed E-state index contributed by atoms with van der Waals surface area (Å²) in [5.74, 6) is -0.415. The number of hydrogen-bond donors (Lipinski definition) is 1. The fourth-order valence-corrected chi connectivity index (χ4v) is 4.70. The first-order valence-corrected chi connectivity index (χ1v) is 10.2. The molecule has 1 N–H and O–H groups in total. The van der Waals surface area contributed by atoms with Gasteiger partial charge in [-0.25, -0.2) is 9.37 Å². The number of aliphatic hydroxyl groups excluding tert-OH is 1. The summed E-state index contributed by atoms with van der Waals surface area (Å²) in [6, 6.07) is 6.13. The minimum Gasteiger partial charge on any atom is -0.391 e. The highest BCUT2D eigenvalue weighted by atomic mass is 32.1. The fraction of sp³-hybridized carbons (Fsp3) is 0.400. The van der Waals surface area contributed by atoms with Crippen molar-refractivity contribution in [3.05, 3.63) is 47.4 Å². The van der Waals surface area contributed by atoms with Crippen molar-refractivity contribution in [1.29, 1.82) is 0 Å². The molecule has 0 radical (unpaired) electrons. The number of aliphatic hydroxyl groups is 1. The molecule has 0 aliphatic heterocycles. The van der Waals surface area contributed by atoms with Crippen LogP contribution in [0.2, 0.25) is 0 Å². The molecule has 1 aromatic carbocycles. The zero-order valence-electron chi connectivity index (χ0n) is 15.1. The highest BCUT2D eigenvalue weighted by Crippen LogP contribution is 2.28. The van der Waals surface area contributed by atoms with Crippen LogP contribution in [0.4, 0.5) is 4.39 Å². The van der Waals surface area contributed by atoms with Crippen LogP contribution in [0.15, 0.2) is 35.8 Å². The van der Waals surface area contributed by atoms with Crippen LogP contribution in [0.25, 0.3) is 16.2 Å². The quantitative estimate of drug-likeness (QED) is 0.737. The van der Waals surface area contributed by atoms with Gasteiger partial charge in [-0.15, -0.1) is 11.3 Å². The van der Waals surface area contributed by atoms with Gasteiger partial charge in [0.1, 0.15) is 11.5 Å². The summed E-state index contributed by atoms with van der Waals surface area (Å²) >= 11 is 1.39. The molecule has 2 atom stereocenters. The zero-order valence-corrected chi connectivity index (χ0v) is 16.0. The molecule has 2 aromatic heterocycles. The summed E-state index contributed by atoms with van der Waals surface area (Å²) in [6.45, 7) is 2.48. The van der Waals surface area contributed by atoms with Gasteiger partial charge in [0.25, 0.3) is 5.91 Å². The molecule has 0 spiro atoms. The SMILES string of the molecule is CCN(C(=O)c1csc2nc(-c3cccc(F)c3)cn12)C1CCCCC1O. The predicted octanol–water partition coefficient (Wildman–Crippen LogP) is 3.97. The first-order valence-electron chi connectivity index (χ1n) is 9.30. The number of aromatic nitrogens is 2. The minimum atomic E-state index is -0.470. The molecule has 2 heterocycles. The fourth-order valence-electron chi connectivity index (χ4n) is 3.86. The lowest BCUT2D eigenvalue weighted by atomic mass is 9.91. The Balaban J connectivity index is 1.67. The predicted molar refractivity (Wildman–Crippen MR) is 103 cm³/mol. The van der Waals surface area contributed by atoms with Gasteiger partial charge < -0.3 is 10.0 Å². The van der Waals surface area contributed by atoms with Gasteiger partial charge in [-0.2, -0.15) is 0 Å². The third-order valence-corrected chi connectivity index (χ3v) is 6.08. The Bertz CT molecular complexity index is 967. The van der Waals surface area contributed by atoms with Crippen molar-refractivity contribution < 1.29 is 14.3 Å². The molecule has 5 nitrogen and oxygen atoms in total. The summed E-state index contributed by atoms with van der Waals surface area (Å²) in [7, 11) is 0. The smallest absolute Gasteiger partial charge is 0.272 e. The molecule has 0 saturated heterocycles. The van der Waals surface area contributed by atoms with Crippen LogP contribution >= 0.6 is 11.3 Å². The second-order valence-electron chi connectivity index (χ2n) is 6.92. The van der Waals surface area contributed by atoms with Crippen molar-refractivity contribution in [1.82, 2.24) is 14.3 Å². The van der Waals surface area contributed by atoms with Gasteiger partial charge in [0.2, 0.25) is 0 Å². The monoisotopic (exact) mass is 387 g/mol. The lowest BCUT2D eigenvalue weighted by Gasteiger charge is -2.36. The molecule has 27 heavy (non-hydrogen) atoms. The molecular formula is C20H22FN3O2S. The van der Waals surface area contributed by atoms with E-state index in [4.69, 9.17) is 0 Å². The van der Waals surface area contributed by atoms with Crippen LogP contribution in [-0.4, -0.2) is 44.0 Å². The van der Waals surface area contributed by atoms with E-state index in [1.165, 1.54) is 23.5 Å². The Hall–Kier alpha value is -2.25. The zero-order chi connectivity index (χ0) is 19.0. The minimum absolute atomic E-state index is 0.0992. The number of carbonyl (C=O) groups is 1. The molecule has 1 saturated carbocycles. The van der Waals surface area contributed by atoms with Crippen molar-refractivity contribution in [3.63, 3.8) is 0 Å². The first kappa shape index (κ1) is 18.1. The van der Waals surface area contributed by atoms with Crippen LogP contribution in [0.3, 0.4) is 0 Å². The summed E-state index contributed by atoms with van der Waals surface area (Å²) in [5, 5.41) is 12.2. The molecule has 142 valence electrons. The summed E-state index contributed by atoms with van der Waals surface area (Å²) in [4.78, 5) is 20.2. The standard InChI is InChI=1S/C20H22FN3O2S/c1-2-23(16-8-3-4-9-18(16)25)19(26)17-12-27-20-22-15(11-24(17)20)13-6-5-7-14(21)10-13/h5-7,10-12,16,18,25H,2-4,8-9H2,1H3. The Kier molecular flexibility index (Phi) is 4.97. The summed E-state index contributed by atoms with van der Waals surface area (Å²) in [6.07, 6.45) is 4.90. The van der Waals surface area contributed by atoms with Gasteiger partial charge in [-0.3, -0.25) is 9.20 Å². The lowest BCUT2D eigenvalue weighted by Crippen LogP contribution is -2.48. The Morgan fingerprint density at radius 3 is 2.96 bits per heavy atom. The largest absolute Gasteiger partial charge is 0.391 e. The molecule has 1 fully saturated rings. The average Bonchev–Trinajstić information content (AvgIpc) is 3.24. The molecule has 2 unspecified atom stereocenters. The highest BCUT2D eigenvalue weighted by Gasteiger charge is 2.32. The van der Waals surface area contributed by atoms with E-state index in [9.17, 15) is 14.3 Å². The van der Waals surface area contributed by atoms with Crippen molar-refractivity contribution in [3.8, 4) is 11.3 Å². The molecule has 1 aliphatic carbocycles. The van der Waals surface area contributed by atoms with Crippen molar-refractivity contribution >= 4 is 22.2 Å². The van der Waals surface area contributed by atoms with Crippen LogP contribution in [0.5, 0.6) is 0 Å². The molecule has 4 rings (SSSR count). The van der Waals surface area contributed by atoms with Gasteiger partial charge in [-0.05, 0) is 31.9 Å². The van der Waals surface area contributed by atoms with E-state index in [0.717, 1.165) is 25.7 Å². The molecule has 1 amide bonds. The number of likely N-dealkylation sites (N-methyl/N-ethyl adjacent to an activating group) is 1. The number of thiazole rings is 1. The molecule has 1 aliphatic rings. The second-order valence-corrected chi connectivity index (χ2v) is 7.76. The maximum atomic E-state index is 13.5. The summed E-state index contributed by atoms with van der Waals surface area (Å²) < 4.78 is 15.3. The number of rotatable bonds is 4. The Labute approximate surface area is 161 Å². The maximum Gasteiger partial charge on any atom is 0.272 e. The third-order valence-electron chi connectivity index (χ3n) is 5.24. The van der Waals surface area contributed by atoms with E-state index in [1.54, 1.807) is 33.0 Å². The normalized spacial score (nSPS) is 20.1. The second kappa shape index (κ2) is 7.40. The van der Waals surface area contributed by atoms with E-state index < -0.39 is 6.10 Å². The van der Waals surface area contributed by atoms with Gasteiger partial charge in [0, 0.05) is 23.7 Å². The maximum absolute atomic E-state index is 13.5. The van der Waals surface area contributed by atoms with E-state index in [-0.39, 0.29) is 17.8 Å². The molecule has 3 aromatic rings. The van der Waals surface area contributed by atoms with Crippen molar-refractivity contribution in [2.45, 2.75) is 44.8 Å². The van der Waals surface area contributed by atoms with Crippen LogP contribution in [0.1, 0.15) is 43.1 Å². The number of imidazole rings is 1. The van der Waals surface area contributed by atoms with E-state index in [1.807, 2.05) is 6.92 Å². The van der Waals surface area contributed by atoms with E-state index in [2.05, 4.69) is 4.98 Å². The van der Waals surface area contributed by atoms with E-state index in [0.29, 0.717) is 28.5 Å². The van der Waals surface area contributed by atoms with Crippen molar-refractivity contribution in [2.75, 3.05) is 6.54 Å². The number of amides is 1. The molecule has 0 bridgehead atoms. The van der Waals surface area contributed by atoms with Gasteiger partial charge in [-0.1, -0.05) is 25.0 Å². The molecule has 7 heteroatoms. The van der Waals surface area contributed by atoms with Crippen LogP contribution in [0, 0.1) is 5.82 Å². The van der Waals surface area contributed by atoms with Gasteiger partial charge >= 0.3 is 0 Å². The van der Waals surface area contributed by atoms with E-state index >= 15 is 0 Å². The number of carbonyl (C=O) groups excluding carboxylic acids is 1. The number of halogens is 1. The highest BCUT2D eigenvalue weighted by molar-refractivity contribution is 7.15. The number of nitrogens with zero attached hydrogens (tertiary/aromatic N) is 3. The summed E-state index contributed by atoms with van der Waals surface area (Å²) in [5.41, 5.74) is 1.85. The van der Waals surface area contributed by atoms with Gasteiger partial charge in [0.05, 0.1) is 17.8 Å². The Morgan fingerprint density at radius 1 is 1.41 bits per heavy atom. The topological polar surface area (TPSA) is 57.8 Å². The Morgan fingerprint density at radius 2 is 2.22 bits per heavy atom.